The molecule has 9 rings (SSSR count). The highest BCUT2D eigenvalue weighted by atomic mass is 32.1. The first-order chi connectivity index (χ1) is 50.5. The molecule has 3 saturated heterocycles. The first kappa shape index (κ1) is 88.2. The Morgan fingerprint density at radius 1 is 0.426 bits per heavy atom. The number of esters is 3. The number of hydrogen-bond donors (Lipinski definition) is 9. The minimum Gasteiger partial charge on any atom is -0.463 e. The molecular formula is C69H93N6O27P3S3. The van der Waals surface area contributed by atoms with Gasteiger partial charge in [0, 0.05) is 36.8 Å². The zero-order chi connectivity index (χ0) is 80.0. The third-order valence-corrected chi connectivity index (χ3v) is 23.6. The lowest BCUT2D eigenvalue weighted by molar-refractivity contribution is -0.152. The van der Waals surface area contributed by atoms with Gasteiger partial charge >= 0.3 is 40.7 Å². The molecule has 18 atom stereocenters. The zero-order valence-electron chi connectivity index (χ0n) is 61.2. The Morgan fingerprint density at radius 3 is 0.852 bits per heavy atom. The summed E-state index contributed by atoms with van der Waals surface area (Å²) in [7, 11) is -11.9. The number of ether oxygens (including phenoxy) is 6. The number of aromatic nitrogens is 6. The summed E-state index contributed by atoms with van der Waals surface area (Å²) in [5, 5.41) is 65.2. The van der Waals surface area contributed by atoms with Crippen molar-refractivity contribution >= 4 is 77.3 Å². The van der Waals surface area contributed by atoms with E-state index in [1.165, 1.54) is 71.3 Å². The van der Waals surface area contributed by atoms with Gasteiger partial charge in [-0.1, -0.05) is 75.4 Å². The third kappa shape index (κ3) is 23.8. The molecule has 0 saturated carbocycles. The lowest BCUT2D eigenvalue weighted by Crippen LogP contribution is -2.44. The number of aromatic amines is 3. The number of hydrogen-bond acceptors (Lipinski definition) is 30. The van der Waals surface area contributed by atoms with Crippen molar-refractivity contribution in [3.05, 3.63) is 173 Å². The SMILES string of the molecule is CC(C)OC(=O)[C@H](C)CP(=O)(OC[C@H]1O[C@@H](n2ccc(=O)[nH]c2=S)C(C)(O)[C@H]1O)Oc1ccccc1.CC(C)OC(=O)[C@H](C)C[P@@](=O)(OC[C@H]1O[C@@H](n2ccc(=O)[nH]c2=S)C(C)(O)[C@H]1O)Oc1ccccc1.CC(C)OC(=O)[C@H](C)C[P@](=O)(OC[C@H]1O[C@@H](n2ccc(=O)[nH]c2=S)C(C)(O)[C@H]1O)Oc1ccccc1. The summed E-state index contributed by atoms with van der Waals surface area (Å²) < 4.78 is 112. The average Bonchev–Trinajstić information content (AvgIpc) is 1.63. The molecule has 39 heteroatoms. The van der Waals surface area contributed by atoms with Gasteiger partial charge in [0.15, 0.2) is 33.0 Å². The van der Waals surface area contributed by atoms with E-state index in [4.69, 9.17) is 92.2 Å². The van der Waals surface area contributed by atoms with Crippen LogP contribution in [-0.4, -0.2) is 187 Å². The van der Waals surface area contributed by atoms with Crippen LogP contribution in [0.1, 0.15) is 102 Å². The van der Waals surface area contributed by atoms with Crippen LogP contribution in [0.15, 0.2) is 142 Å². The Kier molecular flexibility index (Phi) is 30.9. The first-order valence-corrected chi connectivity index (χ1v) is 40.6. The van der Waals surface area contributed by atoms with E-state index in [1.54, 1.807) is 153 Å². The molecule has 9 N–H and O–H groups in total. The van der Waals surface area contributed by atoms with Gasteiger partial charge in [0.25, 0.3) is 16.7 Å². The Morgan fingerprint density at radius 2 is 0.648 bits per heavy atom. The number of H-pyrrole nitrogens is 3. The van der Waals surface area contributed by atoms with Crippen LogP contribution in [0.25, 0.3) is 0 Å². The molecule has 6 aromatic rings. The topological polar surface area (TPSA) is 448 Å². The summed E-state index contributed by atoms with van der Waals surface area (Å²) >= 11 is 15.4. The minimum absolute atomic E-state index is 0.0166. The molecule has 3 aliphatic heterocycles. The van der Waals surface area contributed by atoms with Crippen LogP contribution < -0.4 is 30.2 Å². The van der Waals surface area contributed by atoms with Crippen molar-refractivity contribution < 1.29 is 114 Å². The maximum Gasteiger partial charge on any atom is 0.380 e. The molecule has 3 fully saturated rings. The Labute approximate surface area is 636 Å². The lowest BCUT2D eigenvalue weighted by atomic mass is 9.96. The van der Waals surface area contributed by atoms with Crippen molar-refractivity contribution in [3.63, 3.8) is 0 Å². The minimum atomic E-state index is -3.97. The van der Waals surface area contributed by atoms with Crippen LogP contribution in [0.3, 0.4) is 0 Å². The summed E-state index contributed by atoms with van der Waals surface area (Å²) in [6.45, 7) is 17.6. The molecule has 0 aliphatic carbocycles. The largest absolute Gasteiger partial charge is 0.463 e. The van der Waals surface area contributed by atoms with Gasteiger partial charge in [-0.05, 0) is 135 Å². The quantitative estimate of drug-likeness (QED) is 0.00884. The normalized spacial score (nSPS) is 26.4. The van der Waals surface area contributed by atoms with Gasteiger partial charge in [-0.3, -0.25) is 71.0 Å². The van der Waals surface area contributed by atoms with E-state index >= 15 is 0 Å². The zero-order valence-corrected chi connectivity index (χ0v) is 66.3. The van der Waals surface area contributed by atoms with E-state index in [9.17, 15) is 73.1 Å². The molecule has 0 radical (unpaired) electrons. The summed E-state index contributed by atoms with van der Waals surface area (Å²) in [4.78, 5) is 78.9. The maximum absolute atomic E-state index is 13.7. The smallest absolute Gasteiger partial charge is 0.380 e. The van der Waals surface area contributed by atoms with Crippen molar-refractivity contribution in [2.45, 2.75) is 174 Å². The third-order valence-electron chi connectivity index (χ3n) is 16.6. The van der Waals surface area contributed by atoms with Crippen molar-refractivity contribution in [3.8, 4) is 17.2 Å². The molecule has 33 nitrogen and oxygen atoms in total. The number of carbonyl (C=O) groups is 3. The molecule has 3 aromatic carbocycles. The van der Waals surface area contributed by atoms with Crippen LogP contribution in [0.5, 0.6) is 17.2 Å². The van der Waals surface area contributed by atoms with Gasteiger partial charge < -0.3 is 72.6 Å². The number of benzene rings is 3. The van der Waals surface area contributed by atoms with Crippen LogP contribution in [0, 0.1) is 32.1 Å². The summed E-state index contributed by atoms with van der Waals surface area (Å²) in [5.74, 6) is -3.31. The number of carbonyl (C=O) groups excluding carboxylic acids is 3. The molecule has 4 unspecified atom stereocenters. The van der Waals surface area contributed by atoms with Crippen molar-refractivity contribution in [2.75, 3.05) is 38.3 Å². The van der Waals surface area contributed by atoms with Gasteiger partial charge in [-0.2, -0.15) is 0 Å². The van der Waals surface area contributed by atoms with Crippen LogP contribution in [0.2, 0.25) is 0 Å². The van der Waals surface area contributed by atoms with E-state index in [0.29, 0.717) is 0 Å². The fraction of sp³-hybridized carbons (Fsp3) is 0.522. The van der Waals surface area contributed by atoms with Gasteiger partial charge in [-0.15, -0.1) is 0 Å². The lowest BCUT2D eigenvalue weighted by Gasteiger charge is -2.28. The summed E-state index contributed by atoms with van der Waals surface area (Å²) in [6, 6.07) is 28.6. The van der Waals surface area contributed by atoms with Crippen molar-refractivity contribution in [1.82, 2.24) is 28.7 Å². The number of aliphatic hydroxyl groups excluding tert-OH is 3. The number of nitrogens with zero attached hydrogens (tertiary/aromatic N) is 3. The van der Waals surface area contributed by atoms with E-state index in [1.807, 2.05) is 0 Å². The highest BCUT2D eigenvalue weighted by Crippen LogP contribution is 2.54. The average molecular weight is 1630 g/mol. The van der Waals surface area contributed by atoms with Gasteiger partial charge in [-0.25, -0.2) is 13.7 Å². The van der Waals surface area contributed by atoms with Gasteiger partial charge in [0.1, 0.15) is 70.7 Å². The van der Waals surface area contributed by atoms with Gasteiger partial charge in [0.05, 0.1) is 74.4 Å². The molecule has 6 heterocycles. The summed E-state index contributed by atoms with van der Waals surface area (Å²) in [5.41, 5.74) is -6.79. The molecular weight excluding hydrogens is 1530 g/mol. The van der Waals surface area contributed by atoms with Crippen LogP contribution in [-0.2, 0) is 70.1 Å². The predicted octanol–water partition coefficient (Wildman–Crippen LogP) is 8.37. The second-order valence-electron chi connectivity index (χ2n) is 27.3. The molecule has 0 bridgehead atoms. The summed E-state index contributed by atoms with van der Waals surface area (Å²) in [6.07, 6.45) is -9.23. The van der Waals surface area contributed by atoms with E-state index < -0.39 is 167 Å². The number of aliphatic hydroxyl groups is 6. The predicted molar refractivity (Wildman–Crippen MR) is 397 cm³/mol. The fourth-order valence-corrected chi connectivity index (χ4v) is 17.5. The van der Waals surface area contributed by atoms with E-state index in [0.717, 1.165) is 0 Å². The number of nitrogens with one attached hydrogen (secondary N) is 3. The molecule has 594 valence electrons. The molecule has 3 aromatic heterocycles. The number of rotatable bonds is 30. The second-order valence-corrected chi connectivity index (χ2v) is 34.5. The highest BCUT2D eigenvalue weighted by molar-refractivity contribution is 7.71. The second kappa shape index (κ2) is 37.8. The Bertz CT molecular complexity index is 4090. The first-order valence-electron chi connectivity index (χ1n) is 34.1. The van der Waals surface area contributed by atoms with Crippen molar-refractivity contribution in [1.29, 1.82) is 0 Å². The molecule has 108 heavy (non-hydrogen) atoms. The van der Waals surface area contributed by atoms with Crippen molar-refractivity contribution in [2.24, 2.45) is 17.8 Å². The molecule has 0 spiro atoms. The van der Waals surface area contributed by atoms with Crippen LogP contribution >= 0.6 is 59.4 Å². The number of para-hydroxylation sites is 3. The van der Waals surface area contributed by atoms with E-state index in [2.05, 4.69) is 15.0 Å². The monoisotopic (exact) mass is 1630 g/mol. The maximum atomic E-state index is 13.7. The highest BCUT2D eigenvalue weighted by Gasteiger charge is 2.57. The van der Waals surface area contributed by atoms with Crippen LogP contribution in [0.4, 0.5) is 0 Å². The fourth-order valence-electron chi connectivity index (χ4n) is 11.1. The standard InChI is InChI=1S/3C23H31N2O9PS/c3*1-14(2)32-20(28)15(3)13-35(30,34-16-8-6-5-7-9-16)31-12-17-19(27)23(4,29)21(33-17)25-11-10-18(26)24-22(25)36/h3*5-11,14-15,17,19,21,27,29H,12-13H2,1-4H3,(H,24,26,36)/t15-,17-,19+,21-,23?,35?;15-,17-,19+,21-,23?,35+;15-,17-,19+,21-,23?,35-/m111/s1. The molecule has 0 amide bonds. The van der Waals surface area contributed by atoms with E-state index in [-0.39, 0.29) is 68.4 Å². The molecule has 3 aliphatic rings. The van der Waals surface area contributed by atoms with Gasteiger partial charge in [0.2, 0.25) is 0 Å². The Balaban J connectivity index is 0.000000226. The Hall–Kier alpha value is -7.02.